The Labute approximate surface area is 178 Å². The maximum atomic E-state index is 13.0. The molecule has 1 unspecified atom stereocenters. The highest BCUT2D eigenvalue weighted by Crippen LogP contribution is 2.32. The van der Waals surface area contributed by atoms with Gasteiger partial charge in [-0.05, 0) is 29.3 Å². The monoisotopic (exact) mass is 440 g/mol. The Morgan fingerprint density at radius 2 is 1.63 bits per heavy atom. The minimum Gasteiger partial charge on any atom is -0.355 e. The first-order valence-corrected chi connectivity index (χ1v) is 9.73. The van der Waals surface area contributed by atoms with Gasteiger partial charge in [0.2, 0.25) is 11.8 Å². The summed E-state index contributed by atoms with van der Waals surface area (Å²) in [6, 6.07) is 11.3. The summed E-state index contributed by atoms with van der Waals surface area (Å²) in [5.41, 5.74) is -0.260. The van der Waals surface area contributed by atoms with Crippen LogP contribution in [0, 0.1) is 0 Å². The van der Waals surface area contributed by atoms with Gasteiger partial charge in [0, 0.05) is 23.9 Å². The van der Waals surface area contributed by atoms with Crippen LogP contribution in [0.25, 0.3) is 0 Å². The van der Waals surface area contributed by atoms with Gasteiger partial charge >= 0.3 is 6.18 Å². The highest BCUT2D eigenvalue weighted by atomic mass is 35.5. The molecule has 162 valence electrons. The summed E-state index contributed by atoms with van der Waals surface area (Å²) in [4.78, 5) is 24.0. The maximum Gasteiger partial charge on any atom is 0.416 e. The van der Waals surface area contributed by atoms with Gasteiger partial charge in [-0.1, -0.05) is 55.8 Å². The van der Waals surface area contributed by atoms with Crippen molar-refractivity contribution < 1.29 is 22.8 Å². The quantitative estimate of drug-likeness (QED) is 0.635. The number of alkyl halides is 3. The number of amides is 2. The molecule has 30 heavy (non-hydrogen) atoms. The molecule has 0 saturated carbocycles. The molecule has 0 aliphatic carbocycles. The molecular weight excluding hydrogens is 417 g/mol. The number of rotatable bonds is 7. The molecule has 0 aliphatic rings. The number of nitrogens with one attached hydrogen (secondary N) is 2. The zero-order chi connectivity index (χ0) is 22.5. The van der Waals surface area contributed by atoms with Crippen molar-refractivity contribution in [1.29, 1.82) is 0 Å². The molecule has 0 radical (unpaired) electrons. The third-order valence-corrected chi connectivity index (χ3v) is 4.99. The number of benzene rings is 2. The third kappa shape index (κ3) is 6.76. The molecule has 2 amide bonds. The molecule has 0 heterocycles. The zero-order valence-corrected chi connectivity index (χ0v) is 17.7. The van der Waals surface area contributed by atoms with Crippen molar-refractivity contribution in [2.45, 2.75) is 44.8 Å². The van der Waals surface area contributed by atoms with Gasteiger partial charge in [0.05, 0.1) is 18.0 Å². The van der Waals surface area contributed by atoms with Crippen LogP contribution in [0.4, 0.5) is 13.2 Å². The molecule has 2 aromatic carbocycles. The summed E-state index contributed by atoms with van der Waals surface area (Å²) in [7, 11) is 0. The maximum absolute atomic E-state index is 13.0. The smallest absolute Gasteiger partial charge is 0.355 e. The number of carbonyl (C=O) groups excluding carboxylic acids is 2. The molecule has 8 heteroatoms. The number of halogens is 4. The third-order valence-electron chi connectivity index (χ3n) is 4.74. The predicted molar refractivity (Wildman–Crippen MR) is 110 cm³/mol. The van der Waals surface area contributed by atoms with Crippen molar-refractivity contribution in [1.82, 2.24) is 10.6 Å². The summed E-state index contributed by atoms with van der Waals surface area (Å²) in [5.74, 6) is -0.615. The highest BCUT2D eigenvalue weighted by Gasteiger charge is 2.32. The Morgan fingerprint density at radius 1 is 1.03 bits per heavy atom. The molecule has 2 N–H and O–H groups in total. The van der Waals surface area contributed by atoms with Crippen molar-refractivity contribution >= 4 is 23.4 Å². The SMILES string of the molecule is CC(=O)NC(CC(=O)NCC(C)(C)c1cccc(C(F)(F)F)c1)c1ccc(Cl)cc1. The zero-order valence-electron chi connectivity index (χ0n) is 16.9. The number of hydrogen-bond acceptors (Lipinski definition) is 2. The molecule has 0 saturated heterocycles. The minimum atomic E-state index is -4.43. The second-order valence-corrected chi connectivity index (χ2v) is 8.18. The van der Waals surface area contributed by atoms with Crippen molar-refractivity contribution in [3.8, 4) is 0 Å². The lowest BCUT2D eigenvalue weighted by molar-refractivity contribution is -0.137. The van der Waals surface area contributed by atoms with Crippen LogP contribution < -0.4 is 10.6 Å². The Morgan fingerprint density at radius 3 is 2.20 bits per heavy atom. The predicted octanol–water partition coefficient (Wildman–Crippen LogP) is 5.02. The van der Waals surface area contributed by atoms with Gasteiger partial charge < -0.3 is 10.6 Å². The van der Waals surface area contributed by atoms with E-state index in [1.807, 2.05) is 0 Å². The summed E-state index contributed by atoms with van der Waals surface area (Å²) in [5, 5.41) is 6.03. The lowest BCUT2D eigenvalue weighted by Crippen LogP contribution is -2.39. The van der Waals surface area contributed by atoms with E-state index in [4.69, 9.17) is 11.6 Å². The van der Waals surface area contributed by atoms with Crippen LogP contribution in [-0.4, -0.2) is 18.4 Å². The molecule has 2 aromatic rings. The van der Waals surface area contributed by atoms with E-state index < -0.39 is 23.2 Å². The fourth-order valence-electron chi connectivity index (χ4n) is 2.99. The van der Waals surface area contributed by atoms with E-state index in [1.54, 1.807) is 44.2 Å². The molecule has 0 spiro atoms. The first-order chi connectivity index (χ1) is 13.9. The highest BCUT2D eigenvalue weighted by molar-refractivity contribution is 6.30. The van der Waals surface area contributed by atoms with Crippen LogP contribution in [-0.2, 0) is 21.2 Å². The average Bonchev–Trinajstić information content (AvgIpc) is 2.66. The van der Waals surface area contributed by atoms with E-state index in [0.717, 1.165) is 17.7 Å². The Kier molecular flexibility index (Phi) is 7.53. The van der Waals surface area contributed by atoms with Crippen LogP contribution in [0.2, 0.25) is 5.02 Å². The van der Waals surface area contributed by atoms with Crippen molar-refractivity contribution in [3.63, 3.8) is 0 Å². The van der Waals surface area contributed by atoms with Gasteiger partial charge in [0.25, 0.3) is 0 Å². The van der Waals surface area contributed by atoms with Crippen LogP contribution >= 0.6 is 11.6 Å². The summed E-state index contributed by atoms with van der Waals surface area (Å²) in [6.07, 6.45) is -4.45. The van der Waals surface area contributed by atoms with E-state index in [0.29, 0.717) is 10.6 Å². The van der Waals surface area contributed by atoms with Crippen LogP contribution in [0.5, 0.6) is 0 Å². The molecular formula is C22H24ClF3N2O2. The van der Waals surface area contributed by atoms with Gasteiger partial charge in [-0.15, -0.1) is 0 Å². The average molecular weight is 441 g/mol. The molecule has 0 aromatic heterocycles. The molecule has 0 aliphatic heterocycles. The fraction of sp³-hybridized carbons (Fsp3) is 0.364. The summed E-state index contributed by atoms with van der Waals surface area (Å²) < 4.78 is 39.0. The van der Waals surface area contributed by atoms with Crippen molar-refractivity contribution in [3.05, 3.63) is 70.2 Å². The van der Waals surface area contributed by atoms with Gasteiger partial charge in [-0.25, -0.2) is 0 Å². The van der Waals surface area contributed by atoms with E-state index in [9.17, 15) is 22.8 Å². The molecule has 0 bridgehead atoms. The van der Waals surface area contributed by atoms with Crippen molar-refractivity contribution in [2.24, 2.45) is 0 Å². The minimum absolute atomic E-state index is 0.0140. The lowest BCUT2D eigenvalue weighted by atomic mass is 9.83. The van der Waals surface area contributed by atoms with Crippen LogP contribution in [0.3, 0.4) is 0 Å². The van der Waals surface area contributed by atoms with E-state index in [2.05, 4.69) is 10.6 Å². The van der Waals surface area contributed by atoms with E-state index >= 15 is 0 Å². The molecule has 1 atom stereocenters. The summed E-state index contributed by atoms with van der Waals surface area (Å²) >= 11 is 5.89. The first-order valence-electron chi connectivity index (χ1n) is 9.35. The molecule has 4 nitrogen and oxygen atoms in total. The number of carbonyl (C=O) groups is 2. The van der Waals surface area contributed by atoms with Gasteiger partial charge in [0.15, 0.2) is 0 Å². The van der Waals surface area contributed by atoms with E-state index in [1.165, 1.54) is 13.0 Å². The Balaban J connectivity index is 2.07. The Bertz CT molecular complexity index is 896. The largest absolute Gasteiger partial charge is 0.416 e. The second kappa shape index (κ2) is 9.51. The van der Waals surface area contributed by atoms with Crippen LogP contribution in [0.15, 0.2) is 48.5 Å². The lowest BCUT2D eigenvalue weighted by Gasteiger charge is -2.27. The standard InChI is InChI=1S/C22H24ClF3N2O2/c1-14(29)28-19(15-7-9-18(23)10-8-15)12-20(30)27-13-21(2,3)16-5-4-6-17(11-16)22(24,25)26/h4-11,19H,12-13H2,1-3H3,(H,27,30)(H,28,29). The number of hydrogen-bond donors (Lipinski definition) is 2. The second-order valence-electron chi connectivity index (χ2n) is 7.75. The van der Waals surface area contributed by atoms with Gasteiger partial charge in [-0.2, -0.15) is 13.2 Å². The van der Waals surface area contributed by atoms with E-state index in [-0.39, 0.29) is 24.8 Å². The molecule has 0 fully saturated rings. The van der Waals surface area contributed by atoms with Gasteiger partial charge in [0.1, 0.15) is 0 Å². The normalized spacial score (nSPS) is 12.9. The Hall–Kier alpha value is -2.54. The first kappa shape index (κ1) is 23.7. The van der Waals surface area contributed by atoms with Crippen LogP contribution in [0.1, 0.15) is 49.9 Å². The topological polar surface area (TPSA) is 58.2 Å². The fourth-order valence-corrected chi connectivity index (χ4v) is 3.11. The van der Waals surface area contributed by atoms with Crippen molar-refractivity contribution in [2.75, 3.05) is 6.54 Å². The van der Waals surface area contributed by atoms with Gasteiger partial charge in [-0.3, -0.25) is 9.59 Å². The summed E-state index contributed by atoms with van der Waals surface area (Å²) in [6.45, 7) is 5.01. The molecule has 2 rings (SSSR count).